The molecule has 1 fully saturated rings. The Morgan fingerprint density at radius 3 is 2.83 bits per heavy atom. The van der Waals surface area contributed by atoms with Gasteiger partial charge in [-0.3, -0.25) is 9.78 Å². The summed E-state index contributed by atoms with van der Waals surface area (Å²) < 4.78 is 5.83. The van der Waals surface area contributed by atoms with Gasteiger partial charge in [0.2, 0.25) is 0 Å². The first-order valence-corrected chi connectivity index (χ1v) is 10.3. The van der Waals surface area contributed by atoms with E-state index in [2.05, 4.69) is 24.1 Å². The molecule has 1 unspecified atom stereocenters. The van der Waals surface area contributed by atoms with Crippen LogP contribution in [-0.4, -0.2) is 41.5 Å². The molecule has 1 aliphatic rings. The zero-order chi connectivity index (χ0) is 19.8. The summed E-state index contributed by atoms with van der Waals surface area (Å²) in [5, 5.41) is 3.44. The van der Waals surface area contributed by atoms with E-state index in [1.54, 1.807) is 6.20 Å². The SMILES string of the molecule is CC(C)COc1cccc(C(=O)N(Cc2ccccn2)C2CCCNCC2)c1.Cl. The predicted octanol–water partition coefficient (Wildman–Crippen LogP) is 4.32. The first-order valence-electron chi connectivity index (χ1n) is 10.3. The van der Waals surface area contributed by atoms with Crippen molar-refractivity contribution in [1.29, 1.82) is 0 Å². The van der Waals surface area contributed by atoms with Gasteiger partial charge in [0.05, 0.1) is 18.8 Å². The maximum Gasteiger partial charge on any atom is 0.254 e. The number of amides is 1. The highest BCUT2D eigenvalue weighted by molar-refractivity contribution is 5.94. The summed E-state index contributed by atoms with van der Waals surface area (Å²) in [7, 11) is 0. The third-order valence-corrected chi connectivity index (χ3v) is 4.97. The predicted molar refractivity (Wildman–Crippen MR) is 119 cm³/mol. The van der Waals surface area contributed by atoms with Gasteiger partial charge in [0.15, 0.2) is 0 Å². The van der Waals surface area contributed by atoms with E-state index in [1.807, 2.05) is 47.4 Å². The minimum atomic E-state index is 0. The molecule has 0 spiro atoms. The summed E-state index contributed by atoms with van der Waals surface area (Å²) in [6.45, 7) is 7.35. The number of hydrogen-bond acceptors (Lipinski definition) is 4. The molecule has 3 rings (SSSR count). The van der Waals surface area contributed by atoms with Crippen molar-refractivity contribution >= 4 is 18.3 Å². The Kier molecular flexibility index (Phi) is 9.42. The molecule has 0 radical (unpaired) electrons. The van der Waals surface area contributed by atoms with Crippen LogP contribution in [0, 0.1) is 5.92 Å². The standard InChI is InChI=1S/C23H31N3O2.ClH/c1-18(2)17-28-22-10-5-7-19(15-22)23(27)26(16-20-8-3-4-13-25-20)21-9-6-12-24-14-11-21;/h3-5,7-8,10,13,15,18,21,24H,6,9,11-12,14,16-17H2,1-2H3;1H. The topological polar surface area (TPSA) is 54.5 Å². The van der Waals surface area contributed by atoms with Crippen LogP contribution in [0.15, 0.2) is 48.7 Å². The molecule has 1 N–H and O–H groups in total. The number of aromatic nitrogens is 1. The Balaban J connectivity index is 0.00000300. The summed E-state index contributed by atoms with van der Waals surface area (Å²) >= 11 is 0. The average Bonchev–Trinajstić information content (AvgIpc) is 3.00. The van der Waals surface area contributed by atoms with Crippen molar-refractivity contribution in [3.63, 3.8) is 0 Å². The molecule has 5 nitrogen and oxygen atoms in total. The van der Waals surface area contributed by atoms with Crippen LogP contribution < -0.4 is 10.1 Å². The van der Waals surface area contributed by atoms with Crippen LogP contribution in [0.25, 0.3) is 0 Å². The van der Waals surface area contributed by atoms with Crippen molar-refractivity contribution in [2.24, 2.45) is 5.92 Å². The number of carbonyl (C=O) groups is 1. The smallest absolute Gasteiger partial charge is 0.254 e. The van der Waals surface area contributed by atoms with E-state index in [0.29, 0.717) is 24.6 Å². The van der Waals surface area contributed by atoms with Gasteiger partial charge in [-0.2, -0.15) is 0 Å². The van der Waals surface area contributed by atoms with E-state index in [0.717, 1.165) is 43.8 Å². The highest BCUT2D eigenvalue weighted by Crippen LogP contribution is 2.22. The number of nitrogens with one attached hydrogen (secondary N) is 1. The lowest BCUT2D eigenvalue weighted by Crippen LogP contribution is -2.40. The molecule has 1 aromatic heterocycles. The second kappa shape index (κ2) is 11.8. The molecule has 1 saturated heterocycles. The fourth-order valence-corrected chi connectivity index (χ4v) is 3.49. The summed E-state index contributed by atoms with van der Waals surface area (Å²) in [6.07, 6.45) is 4.83. The van der Waals surface area contributed by atoms with E-state index < -0.39 is 0 Å². The van der Waals surface area contributed by atoms with Gasteiger partial charge in [0.1, 0.15) is 5.75 Å². The monoisotopic (exact) mass is 417 g/mol. The van der Waals surface area contributed by atoms with Gasteiger partial charge >= 0.3 is 0 Å². The lowest BCUT2D eigenvalue weighted by Gasteiger charge is -2.31. The van der Waals surface area contributed by atoms with Crippen LogP contribution in [0.1, 0.15) is 49.2 Å². The zero-order valence-corrected chi connectivity index (χ0v) is 18.2. The lowest BCUT2D eigenvalue weighted by atomic mass is 10.0. The molecule has 2 aromatic rings. The number of ether oxygens (including phenoxy) is 1. The molecule has 29 heavy (non-hydrogen) atoms. The Morgan fingerprint density at radius 1 is 1.21 bits per heavy atom. The molecular formula is C23H32ClN3O2. The second-order valence-corrected chi connectivity index (χ2v) is 7.82. The largest absolute Gasteiger partial charge is 0.493 e. The number of nitrogens with zero attached hydrogens (tertiary/aromatic N) is 2. The van der Waals surface area contributed by atoms with E-state index in [1.165, 1.54) is 0 Å². The quantitative estimate of drug-likeness (QED) is 0.728. The van der Waals surface area contributed by atoms with Crippen LogP contribution in [0.5, 0.6) is 5.75 Å². The Hall–Kier alpha value is -2.11. The van der Waals surface area contributed by atoms with Crippen LogP contribution >= 0.6 is 12.4 Å². The minimum Gasteiger partial charge on any atom is -0.493 e. The summed E-state index contributed by atoms with van der Waals surface area (Å²) in [5.74, 6) is 1.24. The van der Waals surface area contributed by atoms with Gasteiger partial charge in [0, 0.05) is 17.8 Å². The third kappa shape index (κ3) is 7.02. The zero-order valence-electron chi connectivity index (χ0n) is 17.3. The van der Waals surface area contributed by atoms with Gasteiger partial charge in [-0.1, -0.05) is 26.0 Å². The van der Waals surface area contributed by atoms with Crippen molar-refractivity contribution < 1.29 is 9.53 Å². The second-order valence-electron chi connectivity index (χ2n) is 7.82. The van der Waals surface area contributed by atoms with Crippen molar-refractivity contribution in [3.05, 3.63) is 59.9 Å². The number of halogens is 1. The number of pyridine rings is 1. The maximum atomic E-state index is 13.5. The lowest BCUT2D eigenvalue weighted by molar-refractivity contribution is 0.0642. The number of benzene rings is 1. The molecule has 1 aromatic carbocycles. The number of hydrogen-bond donors (Lipinski definition) is 1. The van der Waals surface area contributed by atoms with Crippen molar-refractivity contribution in [2.45, 2.75) is 45.7 Å². The van der Waals surface area contributed by atoms with Gasteiger partial charge in [-0.15, -0.1) is 12.4 Å². The van der Waals surface area contributed by atoms with Crippen LogP contribution in [0.3, 0.4) is 0 Å². The molecule has 0 saturated carbocycles. The van der Waals surface area contributed by atoms with Crippen LogP contribution in [0.4, 0.5) is 0 Å². The van der Waals surface area contributed by atoms with Crippen molar-refractivity contribution in [2.75, 3.05) is 19.7 Å². The maximum absolute atomic E-state index is 13.5. The van der Waals surface area contributed by atoms with Gasteiger partial charge < -0.3 is 15.0 Å². The highest BCUT2D eigenvalue weighted by Gasteiger charge is 2.26. The Bertz CT molecular complexity index is 747. The summed E-state index contributed by atoms with van der Waals surface area (Å²) in [6, 6.07) is 13.6. The van der Waals surface area contributed by atoms with Gasteiger partial charge in [-0.25, -0.2) is 0 Å². The van der Waals surface area contributed by atoms with Crippen molar-refractivity contribution in [3.8, 4) is 5.75 Å². The Labute approximate surface area is 180 Å². The van der Waals surface area contributed by atoms with E-state index in [-0.39, 0.29) is 24.4 Å². The molecule has 0 aliphatic carbocycles. The molecule has 2 heterocycles. The molecule has 1 atom stereocenters. The number of carbonyl (C=O) groups excluding carboxylic acids is 1. The fraction of sp³-hybridized carbons (Fsp3) is 0.478. The van der Waals surface area contributed by atoms with Crippen LogP contribution in [-0.2, 0) is 6.54 Å². The summed E-state index contributed by atoms with van der Waals surface area (Å²) in [5.41, 5.74) is 1.59. The van der Waals surface area contributed by atoms with Gasteiger partial charge in [-0.05, 0) is 68.6 Å². The molecule has 158 valence electrons. The minimum absolute atomic E-state index is 0. The van der Waals surface area contributed by atoms with E-state index >= 15 is 0 Å². The molecule has 1 aliphatic heterocycles. The number of rotatable bonds is 7. The van der Waals surface area contributed by atoms with Crippen molar-refractivity contribution in [1.82, 2.24) is 15.2 Å². The van der Waals surface area contributed by atoms with E-state index in [9.17, 15) is 4.79 Å². The first-order chi connectivity index (χ1) is 13.6. The van der Waals surface area contributed by atoms with E-state index in [4.69, 9.17) is 4.74 Å². The normalized spacial score (nSPS) is 16.6. The fourth-order valence-electron chi connectivity index (χ4n) is 3.49. The third-order valence-electron chi connectivity index (χ3n) is 4.97. The molecule has 6 heteroatoms. The molecule has 0 bridgehead atoms. The van der Waals surface area contributed by atoms with Gasteiger partial charge in [0.25, 0.3) is 5.91 Å². The average molecular weight is 418 g/mol. The summed E-state index contributed by atoms with van der Waals surface area (Å²) in [4.78, 5) is 19.9. The highest BCUT2D eigenvalue weighted by atomic mass is 35.5. The Morgan fingerprint density at radius 2 is 2.07 bits per heavy atom. The first kappa shape index (κ1) is 23.2. The molecule has 1 amide bonds. The molecular weight excluding hydrogens is 386 g/mol. The van der Waals surface area contributed by atoms with Crippen LogP contribution in [0.2, 0.25) is 0 Å².